The molecule has 0 aliphatic heterocycles. The summed E-state index contributed by atoms with van der Waals surface area (Å²) in [6, 6.07) is 5.47. The van der Waals surface area contributed by atoms with Crippen molar-refractivity contribution < 1.29 is 28.6 Å². The van der Waals surface area contributed by atoms with Crippen molar-refractivity contribution in [2.24, 2.45) is 17.6 Å². The van der Waals surface area contributed by atoms with Gasteiger partial charge in [0.15, 0.2) is 0 Å². The third-order valence-electron chi connectivity index (χ3n) is 3.74. The Kier molecular flexibility index (Phi) is 7.90. The summed E-state index contributed by atoms with van der Waals surface area (Å²) in [5.41, 5.74) is 5.43. The predicted molar refractivity (Wildman–Crippen MR) is 97.0 cm³/mol. The summed E-state index contributed by atoms with van der Waals surface area (Å²) in [6.07, 6.45) is 0. The second-order valence-electron chi connectivity index (χ2n) is 7.41. The van der Waals surface area contributed by atoms with Crippen LogP contribution in [0.4, 0.5) is 4.39 Å². The molecule has 150 valence electrons. The minimum atomic E-state index is -1.24. The lowest BCUT2D eigenvalue weighted by Crippen LogP contribution is -2.46. The Balaban J connectivity index is 3.06. The van der Waals surface area contributed by atoms with Crippen LogP contribution in [0.1, 0.15) is 33.3 Å². The molecule has 0 fully saturated rings. The first kappa shape index (κ1) is 22.6. The quantitative estimate of drug-likeness (QED) is 0.524. The molecule has 0 radical (unpaired) electrons. The van der Waals surface area contributed by atoms with E-state index < -0.39 is 41.1 Å². The van der Waals surface area contributed by atoms with E-state index in [0.717, 1.165) is 0 Å². The van der Waals surface area contributed by atoms with Crippen LogP contribution in [0, 0.1) is 17.7 Å². The fourth-order valence-corrected chi connectivity index (χ4v) is 2.34. The van der Waals surface area contributed by atoms with Crippen molar-refractivity contribution in [3.63, 3.8) is 0 Å². The van der Waals surface area contributed by atoms with Crippen molar-refractivity contribution in [2.75, 3.05) is 13.1 Å². The van der Waals surface area contributed by atoms with Crippen LogP contribution in [-0.2, 0) is 25.7 Å². The minimum absolute atomic E-state index is 0.0238. The smallest absolute Gasteiger partial charge is 0.320 e. The van der Waals surface area contributed by atoms with E-state index in [9.17, 15) is 18.8 Å². The molecule has 7 nitrogen and oxygen atoms in total. The van der Waals surface area contributed by atoms with E-state index in [0.29, 0.717) is 5.56 Å². The van der Waals surface area contributed by atoms with Crippen molar-refractivity contribution >= 4 is 17.8 Å². The summed E-state index contributed by atoms with van der Waals surface area (Å²) in [4.78, 5) is 37.7. The van der Waals surface area contributed by atoms with Crippen LogP contribution in [0.25, 0.3) is 0 Å². The molecule has 0 aromatic heterocycles. The summed E-state index contributed by atoms with van der Waals surface area (Å²) in [5, 5.41) is 9.17. The highest BCUT2D eigenvalue weighted by molar-refractivity contribution is 5.98. The number of amides is 1. The van der Waals surface area contributed by atoms with E-state index in [1.807, 2.05) is 0 Å². The van der Waals surface area contributed by atoms with Gasteiger partial charge in [0.1, 0.15) is 17.3 Å². The molecular formula is C19H27FN2O5. The number of hydrogen-bond acceptors (Lipinski definition) is 5. The van der Waals surface area contributed by atoms with Gasteiger partial charge < -0.3 is 20.5 Å². The van der Waals surface area contributed by atoms with Gasteiger partial charge in [-0.1, -0.05) is 19.1 Å². The van der Waals surface area contributed by atoms with Crippen LogP contribution in [0.3, 0.4) is 0 Å². The maximum Gasteiger partial charge on any atom is 0.320 e. The molecule has 0 aliphatic rings. The van der Waals surface area contributed by atoms with Crippen LogP contribution in [0.5, 0.6) is 0 Å². The van der Waals surface area contributed by atoms with E-state index in [1.54, 1.807) is 20.8 Å². The van der Waals surface area contributed by atoms with Crippen molar-refractivity contribution in [3.8, 4) is 0 Å². The predicted octanol–water partition coefficient (Wildman–Crippen LogP) is 1.79. The Morgan fingerprint density at radius 3 is 2.22 bits per heavy atom. The highest BCUT2D eigenvalue weighted by Crippen LogP contribution is 2.16. The largest absolute Gasteiger partial charge is 0.481 e. The molecule has 1 amide bonds. The SMILES string of the molecule is C[C@@H](CN(Cc1ccc(F)cc1)C(=O)[C@@H](CN)C(=O)OC(C)(C)C)C(=O)O. The van der Waals surface area contributed by atoms with Crippen molar-refractivity contribution in [2.45, 2.75) is 39.8 Å². The number of aliphatic carboxylic acids is 1. The number of ether oxygens (including phenoxy) is 1. The van der Waals surface area contributed by atoms with Crippen LogP contribution < -0.4 is 5.73 Å². The minimum Gasteiger partial charge on any atom is -0.481 e. The molecule has 1 aromatic carbocycles. The lowest BCUT2D eigenvalue weighted by Gasteiger charge is -2.29. The molecule has 0 saturated heterocycles. The monoisotopic (exact) mass is 382 g/mol. The van der Waals surface area contributed by atoms with Gasteiger partial charge in [-0.15, -0.1) is 0 Å². The zero-order chi connectivity index (χ0) is 20.8. The Bertz CT molecular complexity index is 670. The summed E-state index contributed by atoms with van der Waals surface area (Å²) >= 11 is 0. The third-order valence-corrected chi connectivity index (χ3v) is 3.74. The van der Waals surface area contributed by atoms with Gasteiger partial charge in [-0.2, -0.15) is 0 Å². The van der Waals surface area contributed by atoms with Gasteiger partial charge in [0.05, 0.1) is 5.92 Å². The lowest BCUT2D eigenvalue weighted by atomic mass is 10.0. The van der Waals surface area contributed by atoms with E-state index in [2.05, 4.69) is 0 Å². The standard InChI is InChI=1S/C19H27FN2O5/c1-12(17(24)25)10-22(11-13-5-7-14(20)8-6-13)16(23)15(9-21)18(26)27-19(2,3)4/h5-8,12,15H,9-11,21H2,1-4H3,(H,24,25)/t12-,15+/m0/s1. The number of carbonyl (C=O) groups excluding carboxylic acids is 2. The number of benzene rings is 1. The number of carboxylic acid groups (broad SMARTS) is 1. The first-order chi connectivity index (χ1) is 12.4. The first-order valence-corrected chi connectivity index (χ1v) is 8.63. The molecule has 0 aliphatic carbocycles. The number of carbonyl (C=O) groups is 3. The number of nitrogens with zero attached hydrogens (tertiary/aromatic N) is 1. The van der Waals surface area contributed by atoms with Crippen molar-refractivity contribution in [1.82, 2.24) is 4.90 Å². The molecule has 0 spiro atoms. The fourth-order valence-electron chi connectivity index (χ4n) is 2.34. The zero-order valence-electron chi connectivity index (χ0n) is 16.1. The van der Waals surface area contributed by atoms with Gasteiger partial charge in [0, 0.05) is 19.6 Å². The zero-order valence-corrected chi connectivity index (χ0v) is 16.1. The molecular weight excluding hydrogens is 355 g/mol. The highest BCUT2D eigenvalue weighted by Gasteiger charge is 2.34. The molecule has 0 unspecified atom stereocenters. The third kappa shape index (κ3) is 7.34. The van der Waals surface area contributed by atoms with E-state index in [4.69, 9.17) is 15.6 Å². The number of carboxylic acids is 1. The lowest BCUT2D eigenvalue weighted by molar-refractivity contribution is -0.164. The molecule has 0 bridgehead atoms. The van der Waals surface area contributed by atoms with Gasteiger partial charge >= 0.3 is 11.9 Å². The molecule has 2 atom stereocenters. The topological polar surface area (TPSA) is 110 Å². The maximum absolute atomic E-state index is 13.1. The molecule has 8 heteroatoms. The van der Waals surface area contributed by atoms with Crippen LogP contribution in [0.2, 0.25) is 0 Å². The average Bonchev–Trinajstić information content (AvgIpc) is 2.54. The van der Waals surface area contributed by atoms with Crippen LogP contribution in [0.15, 0.2) is 24.3 Å². The fraction of sp³-hybridized carbons (Fsp3) is 0.526. The van der Waals surface area contributed by atoms with E-state index in [-0.39, 0.29) is 19.6 Å². The van der Waals surface area contributed by atoms with Crippen LogP contribution in [-0.4, -0.2) is 46.5 Å². The molecule has 1 aromatic rings. The summed E-state index contributed by atoms with van der Waals surface area (Å²) < 4.78 is 18.4. The number of halogens is 1. The normalized spacial score (nSPS) is 13.6. The molecule has 1 rings (SSSR count). The number of hydrogen-bond donors (Lipinski definition) is 2. The summed E-state index contributed by atoms with van der Waals surface area (Å²) in [5.74, 6) is -4.99. The average molecular weight is 382 g/mol. The van der Waals surface area contributed by atoms with Gasteiger partial charge in [-0.3, -0.25) is 14.4 Å². The van der Waals surface area contributed by atoms with Crippen LogP contribution >= 0.6 is 0 Å². The van der Waals surface area contributed by atoms with Gasteiger partial charge in [0.25, 0.3) is 0 Å². The summed E-state index contributed by atoms with van der Waals surface area (Å²) in [7, 11) is 0. The molecule has 0 heterocycles. The van der Waals surface area contributed by atoms with E-state index >= 15 is 0 Å². The Labute approximate surface area is 158 Å². The number of rotatable bonds is 8. The van der Waals surface area contributed by atoms with E-state index in [1.165, 1.54) is 36.1 Å². The highest BCUT2D eigenvalue weighted by atomic mass is 19.1. The van der Waals surface area contributed by atoms with Crippen molar-refractivity contribution in [1.29, 1.82) is 0 Å². The molecule has 3 N–H and O–H groups in total. The molecule has 27 heavy (non-hydrogen) atoms. The van der Waals surface area contributed by atoms with Gasteiger partial charge in [0.2, 0.25) is 5.91 Å². The second-order valence-corrected chi connectivity index (χ2v) is 7.41. The van der Waals surface area contributed by atoms with Gasteiger partial charge in [-0.25, -0.2) is 4.39 Å². The molecule has 0 saturated carbocycles. The maximum atomic E-state index is 13.1. The second kappa shape index (κ2) is 9.45. The Morgan fingerprint density at radius 1 is 1.22 bits per heavy atom. The Hall–Kier alpha value is -2.48. The Morgan fingerprint density at radius 2 is 1.78 bits per heavy atom. The van der Waals surface area contributed by atoms with Crippen molar-refractivity contribution in [3.05, 3.63) is 35.6 Å². The first-order valence-electron chi connectivity index (χ1n) is 8.63. The number of nitrogens with two attached hydrogens (primary N) is 1. The summed E-state index contributed by atoms with van der Waals surface area (Å²) in [6.45, 7) is 6.11. The number of esters is 1. The van der Waals surface area contributed by atoms with Gasteiger partial charge in [-0.05, 0) is 38.5 Å².